The first-order valence-electron chi connectivity index (χ1n) is 4.12. The van der Waals surface area contributed by atoms with E-state index < -0.39 is 0 Å². The molecule has 12 heavy (non-hydrogen) atoms. The molecule has 2 rings (SSSR count). The first kappa shape index (κ1) is 7.74. The second kappa shape index (κ2) is 3.23. The maximum atomic E-state index is 3.30. The summed E-state index contributed by atoms with van der Waals surface area (Å²) in [5.74, 6) is 0. The van der Waals surface area contributed by atoms with Crippen LogP contribution in [0.4, 0.5) is 0 Å². The number of nitrogens with one attached hydrogen (secondary N) is 1. The van der Waals surface area contributed by atoms with Crippen LogP contribution in [0.15, 0.2) is 34.9 Å². The van der Waals surface area contributed by atoms with Gasteiger partial charge in [-0.05, 0) is 36.1 Å². The summed E-state index contributed by atoms with van der Waals surface area (Å²) in [6.07, 6.45) is 3.28. The van der Waals surface area contributed by atoms with E-state index in [1.54, 1.807) is 11.9 Å². The predicted molar refractivity (Wildman–Crippen MR) is 53.7 cm³/mol. The molecular formula is C10H11NS. The van der Waals surface area contributed by atoms with Gasteiger partial charge in [0.1, 0.15) is 0 Å². The van der Waals surface area contributed by atoms with Crippen molar-refractivity contribution in [2.75, 3.05) is 0 Å². The first-order chi connectivity index (χ1) is 5.90. The largest absolute Gasteiger partial charge is 0.329 e. The standard InChI is InChI=1S/C10H11NS/c1-2-9-7-8-5-3-4-6-10(8)12-11-9/h3-7,11H,2H2,1H3. The number of fused-ring (bicyclic) bond motifs is 1. The molecule has 1 aliphatic rings. The number of benzene rings is 1. The zero-order valence-corrected chi connectivity index (χ0v) is 7.82. The van der Waals surface area contributed by atoms with Gasteiger partial charge in [-0.1, -0.05) is 25.1 Å². The maximum Gasteiger partial charge on any atom is 0.0357 e. The van der Waals surface area contributed by atoms with E-state index >= 15 is 0 Å². The van der Waals surface area contributed by atoms with Gasteiger partial charge in [0.2, 0.25) is 0 Å². The molecule has 0 aliphatic carbocycles. The Morgan fingerprint density at radius 3 is 3.00 bits per heavy atom. The minimum atomic E-state index is 1.07. The van der Waals surface area contributed by atoms with Crippen LogP contribution in [0.25, 0.3) is 6.08 Å². The van der Waals surface area contributed by atoms with E-state index in [1.807, 2.05) is 0 Å². The fourth-order valence-electron chi connectivity index (χ4n) is 1.20. The van der Waals surface area contributed by atoms with E-state index in [4.69, 9.17) is 0 Å². The summed E-state index contributed by atoms with van der Waals surface area (Å²) >= 11 is 1.70. The molecule has 0 bridgehead atoms. The normalized spacial score (nSPS) is 14.6. The fourth-order valence-corrected chi connectivity index (χ4v) is 2.04. The number of rotatable bonds is 1. The Balaban J connectivity index is 2.41. The van der Waals surface area contributed by atoms with Gasteiger partial charge in [0, 0.05) is 10.6 Å². The van der Waals surface area contributed by atoms with Crippen molar-refractivity contribution >= 4 is 18.0 Å². The lowest BCUT2D eigenvalue weighted by atomic mass is 10.2. The third kappa shape index (κ3) is 1.34. The molecular weight excluding hydrogens is 166 g/mol. The molecule has 0 fully saturated rings. The first-order valence-corrected chi connectivity index (χ1v) is 4.94. The van der Waals surface area contributed by atoms with Gasteiger partial charge in [-0.2, -0.15) is 0 Å². The minimum Gasteiger partial charge on any atom is -0.329 e. The average Bonchev–Trinajstić information content (AvgIpc) is 2.17. The lowest BCUT2D eigenvalue weighted by Crippen LogP contribution is -2.06. The van der Waals surface area contributed by atoms with Crippen molar-refractivity contribution in [1.29, 1.82) is 0 Å². The Morgan fingerprint density at radius 1 is 1.33 bits per heavy atom. The van der Waals surface area contributed by atoms with Crippen LogP contribution >= 0.6 is 11.9 Å². The zero-order chi connectivity index (χ0) is 8.39. The molecule has 0 atom stereocenters. The smallest absolute Gasteiger partial charge is 0.0357 e. The van der Waals surface area contributed by atoms with Crippen LogP contribution in [-0.4, -0.2) is 0 Å². The van der Waals surface area contributed by atoms with Crippen LogP contribution < -0.4 is 4.72 Å². The molecule has 0 amide bonds. The summed E-state index contributed by atoms with van der Waals surface area (Å²) in [5, 5.41) is 0. The fraction of sp³-hybridized carbons (Fsp3) is 0.200. The van der Waals surface area contributed by atoms with E-state index in [1.165, 1.54) is 16.2 Å². The molecule has 1 N–H and O–H groups in total. The summed E-state index contributed by atoms with van der Waals surface area (Å²) in [7, 11) is 0. The molecule has 1 aromatic rings. The van der Waals surface area contributed by atoms with Crippen molar-refractivity contribution in [3.63, 3.8) is 0 Å². The highest BCUT2D eigenvalue weighted by Gasteiger charge is 2.07. The van der Waals surface area contributed by atoms with Gasteiger partial charge in [-0.15, -0.1) is 0 Å². The SMILES string of the molecule is CCC1=Cc2ccccc2SN1. The van der Waals surface area contributed by atoms with Crippen molar-refractivity contribution in [2.24, 2.45) is 0 Å². The molecule has 1 aliphatic heterocycles. The van der Waals surface area contributed by atoms with E-state index in [9.17, 15) is 0 Å². The quantitative estimate of drug-likeness (QED) is 0.662. The van der Waals surface area contributed by atoms with Gasteiger partial charge in [0.15, 0.2) is 0 Å². The van der Waals surface area contributed by atoms with Crippen molar-refractivity contribution < 1.29 is 0 Å². The van der Waals surface area contributed by atoms with Crippen LogP contribution in [0.1, 0.15) is 18.9 Å². The van der Waals surface area contributed by atoms with Gasteiger partial charge >= 0.3 is 0 Å². The topological polar surface area (TPSA) is 12.0 Å². The van der Waals surface area contributed by atoms with Gasteiger partial charge in [0.05, 0.1) is 0 Å². The number of hydrogen-bond donors (Lipinski definition) is 1. The molecule has 0 radical (unpaired) electrons. The minimum absolute atomic E-state index is 1.07. The highest BCUT2D eigenvalue weighted by molar-refractivity contribution is 7.97. The predicted octanol–water partition coefficient (Wildman–Crippen LogP) is 3.05. The highest BCUT2D eigenvalue weighted by atomic mass is 32.2. The Labute approximate surface area is 77.0 Å². The lowest BCUT2D eigenvalue weighted by Gasteiger charge is -2.15. The molecule has 1 nitrogen and oxygen atoms in total. The van der Waals surface area contributed by atoms with E-state index in [0.29, 0.717) is 0 Å². The van der Waals surface area contributed by atoms with Gasteiger partial charge in [0.25, 0.3) is 0 Å². The van der Waals surface area contributed by atoms with Crippen molar-refractivity contribution in [1.82, 2.24) is 4.72 Å². The zero-order valence-electron chi connectivity index (χ0n) is 7.00. The summed E-state index contributed by atoms with van der Waals surface area (Å²) in [5.41, 5.74) is 2.64. The highest BCUT2D eigenvalue weighted by Crippen LogP contribution is 2.28. The van der Waals surface area contributed by atoms with Crippen molar-refractivity contribution in [3.05, 3.63) is 35.5 Å². The molecule has 0 saturated heterocycles. The summed E-state index contributed by atoms with van der Waals surface area (Å²) < 4.78 is 3.30. The van der Waals surface area contributed by atoms with Crippen LogP contribution in [0.5, 0.6) is 0 Å². The monoisotopic (exact) mass is 177 g/mol. The Bertz CT molecular complexity index is 317. The molecule has 0 unspecified atom stereocenters. The summed E-state index contributed by atoms with van der Waals surface area (Å²) in [4.78, 5) is 1.31. The second-order valence-corrected chi connectivity index (χ2v) is 3.61. The Hall–Kier alpha value is -0.890. The Kier molecular flexibility index (Phi) is 2.09. The third-order valence-corrected chi connectivity index (χ3v) is 2.88. The number of hydrogen-bond acceptors (Lipinski definition) is 2. The van der Waals surface area contributed by atoms with Crippen LogP contribution in [0.2, 0.25) is 0 Å². The maximum absolute atomic E-state index is 3.30. The van der Waals surface area contributed by atoms with Gasteiger partial charge in [-0.3, -0.25) is 0 Å². The molecule has 0 spiro atoms. The van der Waals surface area contributed by atoms with E-state index in [2.05, 4.69) is 42.0 Å². The molecule has 2 heteroatoms. The molecule has 1 heterocycles. The second-order valence-electron chi connectivity index (χ2n) is 2.77. The Morgan fingerprint density at radius 2 is 2.17 bits per heavy atom. The average molecular weight is 177 g/mol. The van der Waals surface area contributed by atoms with Crippen LogP contribution in [0.3, 0.4) is 0 Å². The molecule has 0 saturated carbocycles. The van der Waals surface area contributed by atoms with Crippen molar-refractivity contribution in [3.8, 4) is 0 Å². The van der Waals surface area contributed by atoms with Gasteiger partial charge in [-0.25, -0.2) is 0 Å². The summed E-state index contributed by atoms with van der Waals surface area (Å²) in [6.45, 7) is 2.16. The van der Waals surface area contributed by atoms with Crippen LogP contribution in [-0.2, 0) is 0 Å². The van der Waals surface area contributed by atoms with Crippen LogP contribution in [0, 0.1) is 0 Å². The number of allylic oxidation sites excluding steroid dienone is 1. The lowest BCUT2D eigenvalue weighted by molar-refractivity contribution is 1.02. The van der Waals surface area contributed by atoms with Crippen molar-refractivity contribution in [2.45, 2.75) is 18.2 Å². The molecule has 62 valence electrons. The summed E-state index contributed by atoms with van der Waals surface area (Å²) in [6, 6.07) is 8.43. The third-order valence-electron chi connectivity index (χ3n) is 1.92. The molecule has 1 aromatic carbocycles. The van der Waals surface area contributed by atoms with E-state index in [-0.39, 0.29) is 0 Å². The van der Waals surface area contributed by atoms with E-state index in [0.717, 1.165) is 6.42 Å². The van der Waals surface area contributed by atoms with Gasteiger partial charge < -0.3 is 4.72 Å². The molecule has 0 aromatic heterocycles.